The average molecular weight is 353 g/mol. The summed E-state index contributed by atoms with van der Waals surface area (Å²) in [7, 11) is 0. The minimum absolute atomic E-state index is 0.0459. The van der Waals surface area contributed by atoms with Gasteiger partial charge in [0.2, 0.25) is 0 Å². The molecule has 0 spiro atoms. The van der Waals surface area contributed by atoms with Gasteiger partial charge in [-0.2, -0.15) is 0 Å². The summed E-state index contributed by atoms with van der Waals surface area (Å²) in [6.07, 6.45) is 0.935. The summed E-state index contributed by atoms with van der Waals surface area (Å²) in [5.41, 5.74) is 0.856. The molecule has 21 heavy (non-hydrogen) atoms. The molecule has 0 aliphatic heterocycles. The fraction of sp³-hybridized carbons (Fsp3) is 0.333. The van der Waals surface area contributed by atoms with E-state index in [2.05, 4.69) is 35.1 Å². The summed E-state index contributed by atoms with van der Waals surface area (Å²) in [6, 6.07) is 8.90. The van der Waals surface area contributed by atoms with Crippen LogP contribution >= 0.6 is 15.9 Å². The highest BCUT2D eigenvalue weighted by atomic mass is 79.9. The van der Waals surface area contributed by atoms with Gasteiger partial charge in [0, 0.05) is 11.6 Å². The highest BCUT2D eigenvalue weighted by Crippen LogP contribution is 2.32. The molecule has 0 saturated heterocycles. The van der Waals surface area contributed by atoms with Crippen LogP contribution < -0.4 is 5.32 Å². The predicted octanol–water partition coefficient (Wildman–Crippen LogP) is 4.68. The van der Waals surface area contributed by atoms with Crippen LogP contribution in [-0.4, -0.2) is 11.5 Å². The van der Waals surface area contributed by atoms with Crippen molar-refractivity contribution in [1.29, 1.82) is 0 Å². The maximum atomic E-state index is 10.8. The minimum Gasteiger partial charge on any atom is -0.459 e. The van der Waals surface area contributed by atoms with E-state index < -0.39 is 4.92 Å². The molecule has 0 fully saturated rings. The van der Waals surface area contributed by atoms with Crippen LogP contribution in [-0.2, 0) is 0 Å². The summed E-state index contributed by atoms with van der Waals surface area (Å²) >= 11 is 3.22. The first-order valence-corrected chi connectivity index (χ1v) is 7.63. The molecule has 1 heterocycles. The Morgan fingerprint density at radius 2 is 2.10 bits per heavy atom. The summed E-state index contributed by atoms with van der Waals surface area (Å²) in [5, 5.41) is 14.2. The molecule has 0 bridgehead atoms. The zero-order valence-electron chi connectivity index (χ0n) is 11.9. The topological polar surface area (TPSA) is 68.3 Å². The van der Waals surface area contributed by atoms with Crippen molar-refractivity contribution in [1.82, 2.24) is 5.32 Å². The SMILES string of the molecule is CCNC(CC)c1ccc(-c2ccc([N+](=O)[O-])c(Br)c2)o1. The molecule has 1 atom stereocenters. The zero-order valence-corrected chi connectivity index (χ0v) is 13.5. The van der Waals surface area contributed by atoms with E-state index in [9.17, 15) is 10.1 Å². The van der Waals surface area contributed by atoms with E-state index in [0.717, 1.165) is 24.3 Å². The van der Waals surface area contributed by atoms with Gasteiger partial charge >= 0.3 is 0 Å². The summed E-state index contributed by atoms with van der Waals surface area (Å²) in [6.45, 7) is 5.02. The van der Waals surface area contributed by atoms with Crippen molar-refractivity contribution in [2.45, 2.75) is 26.3 Å². The van der Waals surface area contributed by atoms with Crippen molar-refractivity contribution in [2.75, 3.05) is 6.54 Å². The summed E-state index contributed by atoms with van der Waals surface area (Å²) < 4.78 is 6.32. The molecule has 1 aromatic carbocycles. The lowest BCUT2D eigenvalue weighted by Gasteiger charge is -2.12. The number of nitrogens with one attached hydrogen (secondary N) is 1. The van der Waals surface area contributed by atoms with Gasteiger partial charge in [-0.25, -0.2) is 0 Å². The molecule has 2 aromatic rings. The Hall–Kier alpha value is -1.66. The maximum absolute atomic E-state index is 10.8. The first kappa shape index (κ1) is 15.7. The van der Waals surface area contributed by atoms with Gasteiger partial charge < -0.3 is 9.73 Å². The minimum atomic E-state index is -0.417. The molecule has 2 rings (SSSR count). The molecule has 112 valence electrons. The van der Waals surface area contributed by atoms with E-state index in [1.165, 1.54) is 6.07 Å². The third-order valence-corrected chi connectivity index (χ3v) is 3.89. The lowest BCUT2D eigenvalue weighted by atomic mass is 10.1. The van der Waals surface area contributed by atoms with E-state index in [1.54, 1.807) is 12.1 Å². The number of nitro benzene ring substituents is 1. The number of halogens is 1. The normalized spacial score (nSPS) is 12.3. The maximum Gasteiger partial charge on any atom is 0.283 e. The smallest absolute Gasteiger partial charge is 0.283 e. The van der Waals surface area contributed by atoms with Crippen LogP contribution in [0.25, 0.3) is 11.3 Å². The van der Waals surface area contributed by atoms with Gasteiger partial charge in [0.25, 0.3) is 5.69 Å². The van der Waals surface area contributed by atoms with Crippen LogP contribution in [0.5, 0.6) is 0 Å². The second kappa shape index (κ2) is 6.87. The van der Waals surface area contributed by atoms with Crippen molar-refractivity contribution in [3.8, 4) is 11.3 Å². The number of furan rings is 1. The molecule has 1 aromatic heterocycles. The van der Waals surface area contributed by atoms with Crippen LogP contribution in [0.3, 0.4) is 0 Å². The first-order valence-electron chi connectivity index (χ1n) is 6.84. The lowest BCUT2D eigenvalue weighted by molar-refractivity contribution is -0.385. The first-order chi connectivity index (χ1) is 10.1. The average Bonchev–Trinajstić information content (AvgIpc) is 2.93. The third-order valence-electron chi connectivity index (χ3n) is 3.26. The summed E-state index contributed by atoms with van der Waals surface area (Å²) in [4.78, 5) is 10.4. The molecule has 1 N–H and O–H groups in total. The molecule has 5 nitrogen and oxygen atoms in total. The molecule has 6 heteroatoms. The van der Waals surface area contributed by atoms with E-state index in [0.29, 0.717) is 10.2 Å². The Bertz CT molecular complexity index is 640. The molecule has 0 saturated carbocycles. The number of nitro groups is 1. The van der Waals surface area contributed by atoms with Gasteiger partial charge in [0.05, 0.1) is 15.4 Å². The van der Waals surface area contributed by atoms with Crippen LogP contribution in [0.2, 0.25) is 0 Å². The second-order valence-electron chi connectivity index (χ2n) is 4.64. The Labute approximate surface area is 131 Å². The quantitative estimate of drug-likeness (QED) is 0.605. The Kier molecular flexibility index (Phi) is 5.14. The van der Waals surface area contributed by atoms with E-state index in [-0.39, 0.29) is 11.7 Å². The van der Waals surface area contributed by atoms with E-state index in [1.807, 2.05) is 12.1 Å². The number of nitrogens with zero attached hydrogens (tertiary/aromatic N) is 1. The number of benzene rings is 1. The van der Waals surface area contributed by atoms with Gasteiger partial charge in [-0.3, -0.25) is 10.1 Å². The number of rotatable bonds is 6. The van der Waals surface area contributed by atoms with Crippen molar-refractivity contribution in [2.24, 2.45) is 0 Å². The standard InChI is InChI=1S/C15H17BrN2O3/c1-3-12(17-4-2)15-8-7-14(21-15)10-5-6-13(18(19)20)11(16)9-10/h5-9,12,17H,3-4H2,1-2H3. The number of hydrogen-bond acceptors (Lipinski definition) is 4. The molecule has 0 aliphatic rings. The molecule has 0 aliphatic carbocycles. The monoisotopic (exact) mass is 352 g/mol. The summed E-state index contributed by atoms with van der Waals surface area (Å²) in [5.74, 6) is 1.58. The zero-order chi connectivity index (χ0) is 15.4. The van der Waals surface area contributed by atoms with Crippen LogP contribution in [0, 0.1) is 10.1 Å². The fourth-order valence-corrected chi connectivity index (χ4v) is 2.72. The van der Waals surface area contributed by atoms with E-state index in [4.69, 9.17) is 4.42 Å². The predicted molar refractivity (Wildman–Crippen MR) is 85.2 cm³/mol. The highest BCUT2D eigenvalue weighted by molar-refractivity contribution is 9.10. The van der Waals surface area contributed by atoms with Gasteiger partial charge in [0.1, 0.15) is 11.5 Å². The Morgan fingerprint density at radius 3 is 2.67 bits per heavy atom. The third kappa shape index (κ3) is 3.51. The fourth-order valence-electron chi connectivity index (χ4n) is 2.20. The molecule has 0 radical (unpaired) electrons. The van der Waals surface area contributed by atoms with Crippen LogP contribution in [0.4, 0.5) is 5.69 Å². The van der Waals surface area contributed by atoms with Crippen LogP contribution in [0.15, 0.2) is 39.2 Å². The van der Waals surface area contributed by atoms with Crippen molar-refractivity contribution in [3.05, 3.63) is 50.7 Å². The highest BCUT2D eigenvalue weighted by Gasteiger charge is 2.16. The van der Waals surface area contributed by atoms with E-state index >= 15 is 0 Å². The van der Waals surface area contributed by atoms with Crippen molar-refractivity contribution >= 4 is 21.6 Å². The van der Waals surface area contributed by atoms with Gasteiger partial charge in [0.15, 0.2) is 0 Å². The Balaban J connectivity index is 2.29. The molecule has 0 amide bonds. The number of hydrogen-bond donors (Lipinski definition) is 1. The van der Waals surface area contributed by atoms with Gasteiger partial charge in [-0.1, -0.05) is 13.8 Å². The molecular weight excluding hydrogens is 336 g/mol. The Morgan fingerprint density at radius 1 is 1.33 bits per heavy atom. The van der Waals surface area contributed by atoms with Gasteiger partial charge in [-0.05, 0) is 53.2 Å². The van der Waals surface area contributed by atoms with Gasteiger partial charge in [-0.15, -0.1) is 0 Å². The lowest BCUT2D eigenvalue weighted by Crippen LogP contribution is -2.19. The molecular formula is C15H17BrN2O3. The van der Waals surface area contributed by atoms with Crippen molar-refractivity contribution in [3.63, 3.8) is 0 Å². The molecule has 1 unspecified atom stereocenters. The second-order valence-corrected chi connectivity index (χ2v) is 5.50. The largest absolute Gasteiger partial charge is 0.459 e. The van der Waals surface area contributed by atoms with Crippen LogP contribution in [0.1, 0.15) is 32.1 Å². The van der Waals surface area contributed by atoms with Crippen molar-refractivity contribution < 1.29 is 9.34 Å².